The number of carbonyl (C=O) groups excluding carboxylic acids is 2. The highest BCUT2D eigenvalue weighted by atomic mass is 19.4. The van der Waals surface area contributed by atoms with Gasteiger partial charge in [0.1, 0.15) is 11.6 Å². The van der Waals surface area contributed by atoms with Gasteiger partial charge in [0.05, 0.1) is 35.5 Å². The smallest absolute Gasteiger partial charge is 0.418 e. The molecular formula is C30H32F9N5O3. The SMILES string of the molecule is COc1cc2c(cc1C(=O)NC1CCC(C(F)(F)F)CC1)N=C(Nc1cc(CNC(=O)C(N)C(F)(F)F)ccc1C(F)(F)F)CCC2. The van der Waals surface area contributed by atoms with Crippen molar-refractivity contribution in [1.29, 1.82) is 0 Å². The van der Waals surface area contributed by atoms with Crippen LogP contribution in [0.25, 0.3) is 0 Å². The highest BCUT2D eigenvalue weighted by molar-refractivity contribution is 6.01. The molecule has 0 spiro atoms. The Kier molecular flexibility index (Phi) is 10.7. The van der Waals surface area contributed by atoms with Crippen molar-refractivity contribution in [1.82, 2.24) is 10.6 Å². The lowest BCUT2D eigenvalue weighted by Crippen LogP contribution is -2.49. The third kappa shape index (κ3) is 9.08. The van der Waals surface area contributed by atoms with E-state index in [0.717, 1.165) is 12.1 Å². The summed E-state index contributed by atoms with van der Waals surface area (Å²) < 4.78 is 124. The number of aliphatic imine (C=N–C) groups is 1. The van der Waals surface area contributed by atoms with Gasteiger partial charge in [0.15, 0.2) is 6.04 Å². The van der Waals surface area contributed by atoms with Crippen LogP contribution in [0.3, 0.4) is 0 Å². The summed E-state index contributed by atoms with van der Waals surface area (Å²) in [5.74, 6) is -3.30. The molecule has 0 radical (unpaired) electrons. The Balaban J connectivity index is 1.57. The summed E-state index contributed by atoms with van der Waals surface area (Å²) in [6.07, 6.45) is -13.1. The molecule has 1 atom stereocenters. The number of ether oxygens (including phenoxy) is 1. The number of carbonyl (C=O) groups is 2. The number of aryl methyl sites for hydroxylation is 1. The second-order valence-corrected chi connectivity index (χ2v) is 11.4. The molecule has 1 aliphatic carbocycles. The minimum absolute atomic E-state index is 0.0416. The molecule has 4 rings (SSSR count). The molecule has 2 amide bonds. The topological polar surface area (TPSA) is 118 Å². The van der Waals surface area contributed by atoms with Gasteiger partial charge in [-0.1, -0.05) is 6.07 Å². The second kappa shape index (κ2) is 14.0. The predicted molar refractivity (Wildman–Crippen MR) is 153 cm³/mol. The number of nitrogens with one attached hydrogen (secondary N) is 3. The molecule has 2 aliphatic rings. The fraction of sp³-hybridized carbons (Fsp3) is 0.500. The number of amidine groups is 1. The van der Waals surface area contributed by atoms with Crippen molar-refractivity contribution in [3.05, 3.63) is 52.6 Å². The molecule has 1 aliphatic heterocycles. The number of anilines is 1. The van der Waals surface area contributed by atoms with Crippen LogP contribution in [0.2, 0.25) is 0 Å². The zero-order chi connectivity index (χ0) is 34.7. The molecule has 2 aromatic carbocycles. The molecule has 2 aromatic rings. The van der Waals surface area contributed by atoms with Crippen molar-refractivity contribution < 1.29 is 53.8 Å². The normalized spacial score (nSPS) is 19.5. The predicted octanol–water partition coefficient (Wildman–Crippen LogP) is 6.55. The van der Waals surface area contributed by atoms with E-state index in [1.54, 1.807) is 6.07 Å². The van der Waals surface area contributed by atoms with Gasteiger partial charge in [-0.15, -0.1) is 0 Å². The number of fused-ring (bicyclic) bond motifs is 1. The quantitative estimate of drug-likeness (QED) is 0.248. The zero-order valence-electron chi connectivity index (χ0n) is 24.9. The number of hydrogen-bond donors (Lipinski definition) is 4. The fourth-order valence-electron chi connectivity index (χ4n) is 5.48. The van der Waals surface area contributed by atoms with E-state index in [9.17, 15) is 49.1 Å². The van der Waals surface area contributed by atoms with Crippen LogP contribution in [0, 0.1) is 5.92 Å². The monoisotopic (exact) mass is 681 g/mol. The van der Waals surface area contributed by atoms with Crippen molar-refractivity contribution in [2.75, 3.05) is 12.4 Å². The maximum Gasteiger partial charge on any atom is 0.418 e. The molecule has 17 heteroatoms. The Morgan fingerprint density at radius 3 is 2.26 bits per heavy atom. The number of nitrogens with two attached hydrogens (primary N) is 1. The van der Waals surface area contributed by atoms with E-state index in [2.05, 4.69) is 15.6 Å². The van der Waals surface area contributed by atoms with Gasteiger partial charge in [-0.3, -0.25) is 9.59 Å². The van der Waals surface area contributed by atoms with Gasteiger partial charge < -0.3 is 26.4 Å². The van der Waals surface area contributed by atoms with Gasteiger partial charge in [0.2, 0.25) is 5.91 Å². The molecule has 0 bridgehead atoms. The lowest BCUT2D eigenvalue weighted by molar-refractivity contribution is -0.182. The lowest BCUT2D eigenvalue weighted by Gasteiger charge is -2.30. The van der Waals surface area contributed by atoms with Crippen LogP contribution in [0.1, 0.15) is 65.6 Å². The number of methoxy groups -OCH3 is 1. The van der Waals surface area contributed by atoms with Gasteiger partial charge in [0.25, 0.3) is 5.91 Å². The third-order valence-corrected chi connectivity index (χ3v) is 8.06. The Hall–Kier alpha value is -4.02. The van der Waals surface area contributed by atoms with Gasteiger partial charge in [-0.2, -0.15) is 39.5 Å². The molecule has 258 valence electrons. The summed E-state index contributed by atoms with van der Waals surface area (Å²) in [6, 6.07) is 2.42. The van der Waals surface area contributed by atoms with Crippen LogP contribution in [-0.2, 0) is 23.9 Å². The number of rotatable bonds is 7. The maximum atomic E-state index is 13.9. The van der Waals surface area contributed by atoms with Crippen LogP contribution >= 0.6 is 0 Å². The van der Waals surface area contributed by atoms with Crippen molar-refractivity contribution >= 4 is 29.0 Å². The Morgan fingerprint density at radius 1 is 0.979 bits per heavy atom. The molecule has 1 saturated carbocycles. The highest BCUT2D eigenvalue weighted by Crippen LogP contribution is 2.39. The van der Waals surface area contributed by atoms with Crippen LogP contribution in [0.15, 0.2) is 35.3 Å². The first-order chi connectivity index (χ1) is 21.9. The largest absolute Gasteiger partial charge is 0.496 e. The van der Waals surface area contributed by atoms with Crippen molar-refractivity contribution in [2.45, 2.75) is 82.1 Å². The van der Waals surface area contributed by atoms with E-state index in [1.807, 2.05) is 5.32 Å². The number of benzene rings is 2. The van der Waals surface area contributed by atoms with Crippen molar-refractivity contribution in [3.8, 4) is 5.75 Å². The van der Waals surface area contributed by atoms with Crippen LogP contribution in [0.4, 0.5) is 50.9 Å². The van der Waals surface area contributed by atoms with Crippen LogP contribution < -0.4 is 26.4 Å². The first-order valence-electron chi connectivity index (χ1n) is 14.6. The molecule has 1 unspecified atom stereocenters. The van der Waals surface area contributed by atoms with E-state index in [-0.39, 0.29) is 60.5 Å². The maximum absolute atomic E-state index is 13.9. The van der Waals surface area contributed by atoms with E-state index in [4.69, 9.17) is 10.5 Å². The minimum Gasteiger partial charge on any atom is -0.496 e. The number of hydrogen-bond acceptors (Lipinski definition) is 6. The average Bonchev–Trinajstić information content (AvgIpc) is 3.18. The summed E-state index contributed by atoms with van der Waals surface area (Å²) in [4.78, 5) is 29.5. The number of halogens is 9. The highest BCUT2D eigenvalue weighted by Gasteiger charge is 2.43. The molecule has 1 heterocycles. The summed E-state index contributed by atoms with van der Waals surface area (Å²) in [7, 11) is 1.34. The Bertz CT molecular complexity index is 1500. The van der Waals surface area contributed by atoms with Gasteiger partial charge >= 0.3 is 18.5 Å². The Morgan fingerprint density at radius 2 is 1.66 bits per heavy atom. The summed E-state index contributed by atoms with van der Waals surface area (Å²) in [5.41, 5.74) is 4.30. The zero-order valence-corrected chi connectivity index (χ0v) is 24.9. The average molecular weight is 682 g/mol. The first kappa shape index (κ1) is 35.8. The lowest BCUT2D eigenvalue weighted by atomic mass is 9.85. The standard InChI is InChI=1S/C30H32F9N5O3/c1-47-23-12-16-3-2-4-24(43-21(16)13-19(23)26(45)42-18-8-6-17(7-9-18)28(31,32)33)44-22-11-15(5-10-20(22)29(34,35)36)14-41-27(46)25(40)30(37,38)39/h5,10-13,17-18,25H,2-4,6-9,14,40H2,1H3,(H,41,46)(H,42,45)(H,43,44). The number of amides is 2. The molecule has 8 nitrogen and oxygen atoms in total. The molecular weight excluding hydrogens is 649 g/mol. The molecule has 1 fully saturated rings. The van der Waals surface area contributed by atoms with Gasteiger partial charge in [0, 0.05) is 19.0 Å². The Labute approximate surface area is 263 Å². The summed E-state index contributed by atoms with van der Waals surface area (Å²) in [6.45, 7) is -0.541. The van der Waals surface area contributed by atoms with E-state index in [1.165, 1.54) is 13.2 Å². The molecule has 0 saturated heterocycles. The molecule has 5 N–H and O–H groups in total. The van der Waals surface area contributed by atoms with E-state index >= 15 is 0 Å². The van der Waals surface area contributed by atoms with Crippen LogP contribution in [0.5, 0.6) is 5.75 Å². The van der Waals surface area contributed by atoms with E-state index in [0.29, 0.717) is 24.5 Å². The fourth-order valence-corrected chi connectivity index (χ4v) is 5.48. The minimum atomic E-state index is -5.01. The van der Waals surface area contributed by atoms with Gasteiger partial charge in [-0.25, -0.2) is 4.99 Å². The molecule has 0 aromatic heterocycles. The molecule has 47 heavy (non-hydrogen) atoms. The second-order valence-electron chi connectivity index (χ2n) is 11.4. The van der Waals surface area contributed by atoms with Gasteiger partial charge in [-0.05, 0) is 73.9 Å². The summed E-state index contributed by atoms with van der Waals surface area (Å²) >= 11 is 0. The number of nitrogens with zero attached hydrogens (tertiary/aromatic N) is 1. The number of alkyl halides is 9. The van der Waals surface area contributed by atoms with Crippen molar-refractivity contribution in [3.63, 3.8) is 0 Å². The first-order valence-corrected chi connectivity index (χ1v) is 14.6. The van der Waals surface area contributed by atoms with Crippen LogP contribution in [-0.4, -0.2) is 49.2 Å². The summed E-state index contributed by atoms with van der Waals surface area (Å²) in [5, 5.41) is 7.37. The third-order valence-electron chi connectivity index (χ3n) is 8.06. The van der Waals surface area contributed by atoms with E-state index < -0.39 is 66.1 Å². The van der Waals surface area contributed by atoms with Crippen molar-refractivity contribution in [2.24, 2.45) is 16.6 Å².